The molecular weight excluding hydrogens is 322 g/mol. The molecule has 8 heteroatoms. The Labute approximate surface area is 143 Å². The van der Waals surface area contributed by atoms with E-state index in [9.17, 15) is 9.90 Å². The van der Waals surface area contributed by atoms with E-state index >= 15 is 0 Å². The van der Waals surface area contributed by atoms with E-state index in [1.54, 1.807) is 30.6 Å². The molecule has 0 bridgehead atoms. The van der Waals surface area contributed by atoms with E-state index in [-0.39, 0.29) is 12.2 Å². The molecule has 3 aromatic rings. The lowest BCUT2D eigenvalue weighted by molar-refractivity contribution is -0.138. The summed E-state index contributed by atoms with van der Waals surface area (Å²) in [6.07, 6.45) is 5.95. The highest BCUT2D eigenvalue weighted by molar-refractivity contribution is 5.87. The van der Waals surface area contributed by atoms with Gasteiger partial charge in [-0.2, -0.15) is 0 Å². The van der Waals surface area contributed by atoms with Gasteiger partial charge in [-0.3, -0.25) is 4.79 Å². The molecule has 0 fully saturated rings. The van der Waals surface area contributed by atoms with E-state index in [0.717, 1.165) is 0 Å². The monoisotopic (exact) mass is 337 g/mol. The van der Waals surface area contributed by atoms with E-state index in [0.29, 0.717) is 28.1 Å². The van der Waals surface area contributed by atoms with Crippen LogP contribution < -0.4 is 5.73 Å². The molecule has 0 saturated heterocycles. The Morgan fingerprint density at radius 3 is 2.12 bits per heavy atom. The molecule has 8 nitrogen and oxygen atoms in total. The number of nitrogens with zero attached hydrogens (tertiary/aromatic N) is 4. The van der Waals surface area contributed by atoms with Gasteiger partial charge in [0.15, 0.2) is 0 Å². The fourth-order valence-corrected chi connectivity index (χ4v) is 2.56. The molecule has 1 atom stereocenters. The zero-order valence-electron chi connectivity index (χ0n) is 13.1. The molecule has 1 unspecified atom stereocenters. The predicted octanol–water partition coefficient (Wildman–Crippen LogP) is 1.26. The van der Waals surface area contributed by atoms with Crippen LogP contribution in [0.3, 0.4) is 0 Å². The minimum Gasteiger partial charge on any atom is -0.507 e. The molecule has 4 N–H and O–H groups in total. The summed E-state index contributed by atoms with van der Waals surface area (Å²) in [5, 5.41) is 19.5. The Hall–Kier alpha value is -3.39. The van der Waals surface area contributed by atoms with Gasteiger partial charge < -0.3 is 15.9 Å². The molecule has 2 heterocycles. The number of rotatable bonds is 5. The zero-order valence-corrected chi connectivity index (χ0v) is 13.1. The standard InChI is InChI=1S/C17H15N5O3/c18-11(17(24)25)7-10-1-2-14(23)16(13-4-6-20-9-22-13)15(10)12-3-5-19-8-21-12/h1-6,8-9,11,23H,7,18H2,(H,24,25). The summed E-state index contributed by atoms with van der Waals surface area (Å²) in [7, 11) is 0. The molecule has 0 saturated carbocycles. The van der Waals surface area contributed by atoms with Crippen LogP contribution in [0.1, 0.15) is 5.56 Å². The third-order valence-corrected chi connectivity index (χ3v) is 3.70. The highest BCUT2D eigenvalue weighted by Crippen LogP contribution is 2.39. The van der Waals surface area contributed by atoms with Crippen LogP contribution in [0.4, 0.5) is 0 Å². The van der Waals surface area contributed by atoms with Gasteiger partial charge in [-0.25, -0.2) is 19.9 Å². The van der Waals surface area contributed by atoms with Crippen LogP contribution in [0.15, 0.2) is 49.3 Å². The average Bonchev–Trinajstić information content (AvgIpc) is 2.64. The molecule has 1 aromatic carbocycles. The first-order chi connectivity index (χ1) is 12.1. The first-order valence-corrected chi connectivity index (χ1v) is 7.44. The summed E-state index contributed by atoms with van der Waals surface area (Å²) >= 11 is 0. The summed E-state index contributed by atoms with van der Waals surface area (Å²) < 4.78 is 0. The van der Waals surface area contributed by atoms with Gasteiger partial charge in [0.25, 0.3) is 0 Å². The molecule has 126 valence electrons. The molecule has 0 aliphatic rings. The van der Waals surface area contributed by atoms with Crippen molar-refractivity contribution < 1.29 is 15.0 Å². The van der Waals surface area contributed by atoms with Crippen LogP contribution in [0.25, 0.3) is 22.5 Å². The number of hydrogen-bond acceptors (Lipinski definition) is 7. The number of phenols is 1. The van der Waals surface area contributed by atoms with E-state index < -0.39 is 12.0 Å². The van der Waals surface area contributed by atoms with Gasteiger partial charge in [-0.05, 0) is 30.2 Å². The highest BCUT2D eigenvalue weighted by Gasteiger charge is 2.21. The number of benzene rings is 1. The number of carbonyl (C=O) groups is 1. The summed E-state index contributed by atoms with van der Waals surface area (Å²) in [4.78, 5) is 27.4. The smallest absolute Gasteiger partial charge is 0.320 e. The van der Waals surface area contributed by atoms with Crippen molar-refractivity contribution in [1.82, 2.24) is 19.9 Å². The van der Waals surface area contributed by atoms with Crippen LogP contribution in [0, 0.1) is 0 Å². The molecule has 0 aliphatic carbocycles. The SMILES string of the molecule is NC(Cc1ccc(O)c(-c2ccncn2)c1-c1ccncn1)C(=O)O. The lowest BCUT2D eigenvalue weighted by Gasteiger charge is -2.17. The van der Waals surface area contributed by atoms with Gasteiger partial charge in [0.1, 0.15) is 24.4 Å². The molecular formula is C17H15N5O3. The number of carboxylic acids is 1. The van der Waals surface area contributed by atoms with Crippen LogP contribution in [-0.4, -0.2) is 42.2 Å². The molecule has 3 rings (SSSR count). The second kappa shape index (κ2) is 7.02. The zero-order chi connectivity index (χ0) is 17.8. The molecule has 2 aromatic heterocycles. The number of carboxylic acid groups (broad SMARTS) is 1. The van der Waals surface area contributed by atoms with Crippen molar-refractivity contribution in [1.29, 1.82) is 0 Å². The fourth-order valence-electron chi connectivity index (χ4n) is 2.56. The van der Waals surface area contributed by atoms with Crippen molar-refractivity contribution in [2.75, 3.05) is 0 Å². The van der Waals surface area contributed by atoms with Crippen molar-refractivity contribution in [3.8, 4) is 28.3 Å². The molecule has 25 heavy (non-hydrogen) atoms. The quantitative estimate of drug-likeness (QED) is 0.633. The summed E-state index contributed by atoms with van der Waals surface area (Å²) in [6, 6.07) is 5.38. The minimum absolute atomic E-state index is 0.0000383. The Morgan fingerprint density at radius 1 is 1.00 bits per heavy atom. The Kier molecular flexibility index (Phi) is 4.62. The second-order valence-corrected chi connectivity index (χ2v) is 5.33. The largest absolute Gasteiger partial charge is 0.507 e. The number of aromatic nitrogens is 4. The van der Waals surface area contributed by atoms with Crippen molar-refractivity contribution in [3.63, 3.8) is 0 Å². The van der Waals surface area contributed by atoms with Gasteiger partial charge in [0.2, 0.25) is 0 Å². The maximum atomic E-state index is 11.2. The van der Waals surface area contributed by atoms with Gasteiger partial charge in [-0.1, -0.05) is 6.07 Å². The highest BCUT2D eigenvalue weighted by atomic mass is 16.4. The van der Waals surface area contributed by atoms with Crippen LogP contribution >= 0.6 is 0 Å². The van der Waals surface area contributed by atoms with Gasteiger partial charge >= 0.3 is 5.97 Å². The average molecular weight is 337 g/mol. The Balaban J connectivity index is 2.25. The third-order valence-electron chi connectivity index (χ3n) is 3.70. The number of nitrogens with two attached hydrogens (primary N) is 1. The number of phenolic OH excluding ortho intramolecular Hbond substituents is 1. The van der Waals surface area contributed by atoms with E-state index in [1.165, 1.54) is 18.7 Å². The number of aromatic hydroxyl groups is 1. The van der Waals surface area contributed by atoms with Gasteiger partial charge in [0.05, 0.1) is 17.0 Å². The minimum atomic E-state index is -1.11. The summed E-state index contributed by atoms with van der Waals surface area (Å²) in [5.41, 5.74) is 8.38. The molecule has 0 radical (unpaired) electrons. The first kappa shape index (κ1) is 16.5. The van der Waals surface area contributed by atoms with Crippen molar-refractivity contribution in [2.45, 2.75) is 12.5 Å². The van der Waals surface area contributed by atoms with Crippen molar-refractivity contribution >= 4 is 5.97 Å². The lowest BCUT2D eigenvalue weighted by Crippen LogP contribution is -2.32. The third kappa shape index (κ3) is 3.43. The number of hydrogen-bond donors (Lipinski definition) is 3. The molecule has 0 amide bonds. The maximum Gasteiger partial charge on any atom is 0.320 e. The summed E-state index contributed by atoms with van der Waals surface area (Å²) in [5.74, 6) is -1.11. The Bertz CT molecular complexity index is 888. The second-order valence-electron chi connectivity index (χ2n) is 5.33. The van der Waals surface area contributed by atoms with Crippen LogP contribution in [-0.2, 0) is 11.2 Å². The van der Waals surface area contributed by atoms with E-state index in [4.69, 9.17) is 10.8 Å². The fraction of sp³-hybridized carbons (Fsp3) is 0.118. The van der Waals surface area contributed by atoms with Gasteiger partial charge in [0, 0.05) is 18.0 Å². The maximum absolute atomic E-state index is 11.2. The van der Waals surface area contributed by atoms with Crippen molar-refractivity contribution in [3.05, 3.63) is 54.9 Å². The molecule has 0 aliphatic heterocycles. The van der Waals surface area contributed by atoms with Crippen LogP contribution in [0.5, 0.6) is 5.75 Å². The first-order valence-electron chi connectivity index (χ1n) is 7.44. The topological polar surface area (TPSA) is 135 Å². The predicted molar refractivity (Wildman–Crippen MR) is 89.5 cm³/mol. The van der Waals surface area contributed by atoms with E-state index in [2.05, 4.69) is 19.9 Å². The van der Waals surface area contributed by atoms with Crippen LogP contribution in [0.2, 0.25) is 0 Å². The normalized spacial score (nSPS) is 11.9. The summed E-state index contributed by atoms with van der Waals surface area (Å²) in [6.45, 7) is 0. The lowest BCUT2D eigenvalue weighted by atomic mass is 9.91. The van der Waals surface area contributed by atoms with Gasteiger partial charge in [-0.15, -0.1) is 0 Å². The van der Waals surface area contributed by atoms with E-state index in [1.807, 2.05) is 0 Å². The number of aliphatic carboxylic acids is 1. The molecule has 0 spiro atoms. The van der Waals surface area contributed by atoms with Crippen molar-refractivity contribution in [2.24, 2.45) is 5.73 Å². The Morgan fingerprint density at radius 2 is 1.60 bits per heavy atom.